The summed E-state index contributed by atoms with van der Waals surface area (Å²) in [6.07, 6.45) is 6.22. The van der Waals surface area contributed by atoms with Gasteiger partial charge in [-0.05, 0) is 57.2 Å². The van der Waals surface area contributed by atoms with Gasteiger partial charge in [-0.1, -0.05) is 25.0 Å². The van der Waals surface area contributed by atoms with Gasteiger partial charge in [0, 0.05) is 24.3 Å². The number of carbonyl (C=O) groups excluding carboxylic acids is 2. The van der Waals surface area contributed by atoms with Crippen molar-refractivity contribution in [2.24, 2.45) is 5.92 Å². The van der Waals surface area contributed by atoms with Crippen LogP contribution in [-0.2, 0) is 4.79 Å². The molecule has 5 heteroatoms. The Morgan fingerprint density at radius 3 is 2.68 bits per heavy atom. The van der Waals surface area contributed by atoms with Crippen LogP contribution in [0.1, 0.15) is 51.0 Å². The van der Waals surface area contributed by atoms with Crippen molar-refractivity contribution in [3.8, 4) is 0 Å². The molecule has 0 radical (unpaired) electrons. The Balaban J connectivity index is 1.56. The van der Waals surface area contributed by atoms with Crippen LogP contribution < -0.4 is 10.6 Å². The molecule has 1 saturated carbocycles. The highest BCUT2D eigenvalue weighted by Crippen LogP contribution is 2.30. The number of urea groups is 1. The fraction of sp³-hybridized carbons (Fsp3) is 0.600. The molecule has 0 spiro atoms. The smallest absolute Gasteiger partial charge is 0.321 e. The largest absolute Gasteiger partial charge is 0.351 e. The molecular formula is C20H29N3O2. The van der Waals surface area contributed by atoms with Crippen LogP contribution in [0, 0.1) is 12.8 Å². The zero-order chi connectivity index (χ0) is 17.9. The highest BCUT2D eigenvalue weighted by molar-refractivity contribution is 5.90. The third-order valence-corrected chi connectivity index (χ3v) is 5.48. The van der Waals surface area contributed by atoms with Gasteiger partial charge < -0.3 is 15.5 Å². The molecule has 1 aliphatic heterocycles. The van der Waals surface area contributed by atoms with Crippen molar-refractivity contribution >= 4 is 17.6 Å². The van der Waals surface area contributed by atoms with Crippen LogP contribution in [0.3, 0.4) is 0 Å². The first-order valence-corrected chi connectivity index (χ1v) is 9.40. The minimum atomic E-state index is -0.116. The summed E-state index contributed by atoms with van der Waals surface area (Å²) in [5.74, 6) is 0.00638. The molecule has 0 aromatic heterocycles. The average molecular weight is 343 g/mol. The van der Waals surface area contributed by atoms with Gasteiger partial charge in [-0.3, -0.25) is 4.79 Å². The minimum Gasteiger partial charge on any atom is -0.351 e. The third-order valence-electron chi connectivity index (χ3n) is 5.48. The molecule has 1 unspecified atom stereocenters. The van der Waals surface area contributed by atoms with Crippen LogP contribution >= 0.6 is 0 Å². The number of amides is 3. The number of carbonyl (C=O) groups is 2. The molecule has 3 amide bonds. The lowest BCUT2D eigenvalue weighted by atomic mass is 9.94. The molecule has 1 atom stereocenters. The summed E-state index contributed by atoms with van der Waals surface area (Å²) in [4.78, 5) is 27.0. The van der Waals surface area contributed by atoms with E-state index in [-0.39, 0.29) is 23.4 Å². The molecule has 1 aliphatic carbocycles. The van der Waals surface area contributed by atoms with Crippen LogP contribution in [0.15, 0.2) is 24.3 Å². The van der Waals surface area contributed by atoms with Gasteiger partial charge in [-0.2, -0.15) is 0 Å². The Hall–Kier alpha value is -2.04. The lowest BCUT2D eigenvalue weighted by molar-refractivity contribution is -0.128. The number of piperidine rings is 1. The van der Waals surface area contributed by atoms with Crippen molar-refractivity contribution in [1.82, 2.24) is 10.2 Å². The summed E-state index contributed by atoms with van der Waals surface area (Å²) in [6, 6.07) is 7.66. The molecule has 2 fully saturated rings. The number of likely N-dealkylation sites (tertiary alicyclic amines) is 1. The molecule has 1 aromatic carbocycles. The SMILES string of the molecule is Cc1cccc(NC(=O)N2CCCC(C(=O)NC3(C)CCCC3)C2)c1. The second-order valence-electron chi connectivity index (χ2n) is 7.84. The second kappa shape index (κ2) is 7.46. The van der Waals surface area contributed by atoms with Gasteiger partial charge in [-0.25, -0.2) is 4.79 Å². The fourth-order valence-corrected chi connectivity index (χ4v) is 3.98. The first kappa shape index (κ1) is 17.8. The van der Waals surface area contributed by atoms with E-state index in [0.717, 1.165) is 36.9 Å². The van der Waals surface area contributed by atoms with E-state index in [0.29, 0.717) is 13.1 Å². The van der Waals surface area contributed by atoms with E-state index in [1.165, 1.54) is 12.8 Å². The summed E-state index contributed by atoms with van der Waals surface area (Å²) in [5, 5.41) is 6.19. The third kappa shape index (κ3) is 4.53. The van der Waals surface area contributed by atoms with E-state index >= 15 is 0 Å². The number of benzene rings is 1. The number of nitrogens with zero attached hydrogens (tertiary/aromatic N) is 1. The molecule has 1 heterocycles. The molecule has 136 valence electrons. The van der Waals surface area contributed by atoms with E-state index in [9.17, 15) is 9.59 Å². The maximum absolute atomic E-state index is 12.7. The maximum Gasteiger partial charge on any atom is 0.321 e. The Labute approximate surface area is 150 Å². The second-order valence-corrected chi connectivity index (χ2v) is 7.84. The van der Waals surface area contributed by atoms with Gasteiger partial charge in [0.05, 0.1) is 5.92 Å². The van der Waals surface area contributed by atoms with Crippen molar-refractivity contribution < 1.29 is 9.59 Å². The number of aryl methyl sites for hydroxylation is 1. The summed E-state index contributed by atoms with van der Waals surface area (Å²) in [7, 11) is 0. The molecule has 1 aromatic rings. The molecule has 25 heavy (non-hydrogen) atoms. The Kier molecular flexibility index (Phi) is 5.30. The van der Waals surface area contributed by atoms with Crippen LogP contribution in [0.25, 0.3) is 0 Å². The molecule has 2 N–H and O–H groups in total. The van der Waals surface area contributed by atoms with Gasteiger partial charge in [0.25, 0.3) is 0 Å². The van der Waals surface area contributed by atoms with Gasteiger partial charge >= 0.3 is 6.03 Å². The molecule has 3 rings (SSSR count). The van der Waals surface area contributed by atoms with E-state index in [1.54, 1.807) is 4.90 Å². The van der Waals surface area contributed by atoms with E-state index in [1.807, 2.05) is 31.2 Å². The zero-order valence-corrected chi connectivity index (χ0v) is 15.3. The Morgan fingerprint density at radius 2 is 1.96 bits per heavy atom. The fourth-order valence-electron chi connectivity index (χ4n) is 3.98. The quantitative estimate of drug-likeness (QED) is 0.879. The number of hydrogen-bond donors (Lipinski definition) is 2. The van der Waals surface area contributed by atoms with Crippen molar-refractivity contribution in [1.29, 1.82) is 0 Å². The lowest BCUT2D eigenvalue weighted by Crippen LogP contribution is -2.51. The number of nitrogens with one attached hydrogen (secondary N) is 2. The molecule has 5 nitrogen and oxygen atoms in total. The summed E-state index contributed by atoms with van der Waals surface area (Å²) < 4.78 is 0. The van der Waals surface area contributed by atoms with Crippen LogP contribution in [0.4, 0.5) is 10.5 Å². The van der Waals surface area contributed by atoms with Crippen LogP contribution in [0.5, 0.6) is 0 Å². The van der Waals surface area contributed by atoms with E-state index < -0.39 is 0 Å². The van der Waals surface area contributed by atoms with E-state index in [4.69, 9.17) is 0 Å². The van der Waals surface area contributed by atoms with Crippen molar-refractivity contribution in [3.63, 3.8) is 0 Å². The van der Waals surface area contributed by atoms with Gasteiger partial charge in [0.1, 0.15) is 0 Å². The first-order chi connectivity index (χ1) is 12.0. The standard InChI is InChI=1S/C20H29N3O2/c1-15-7-5-9-17(13-15)21-19(25)23-12-6-8-16(14-23)18(24)22-20(2)10-3-4-11-20/h5,7,9,13,16H,3-4,6,8,10-12,14H2,1-2H3,(H,21,25)(H,22,24). The number of rotatable bonds is 3. The minimum absolute atomic E-state index is 0.0524. The van der Waals surface area contributed by atoms with Crippen LogP contribution in [0.2, 0.25) is 0 Å². The number of hydrogen-bond acceptors (Lipinski definition) is 2. The van der Waals surface area contributed by atoms with Gasteiger partial charge in [-0.15, -0.1) is 0 Å². The summed E-state index contributed by atoms with van der Waals surface area (Å²) in [5.41, 5.74) is 1.86. The van der Waals surface area contributed by atoms with E-state index in [2.05, 4.69) is 17.6 Å². The van der Waals surface area contributed by atoms with Gasteiger partial charge in [0.15, 0.2) is 0 Å². The first-order valence-electron chi connectivity index (χ1n) is 9.40. The Morgan fingerprint density at radius 1 is 1.20 bits per heavy atom. The van der Waals surface area contributed by atoms with Crippen molar-refractivity contribution in [2.45, 2.75) is 57.9 Å². The van der Waals surface area contributed by atoms with Crippen molar-refractivity contribution in [3.05, 3.63) is 29.8 Å². The molecule has 2 aliphatic rings. The summed E-state index contributed by atoms with van der Waals surface area (Å²) in [6.45, 7) is 5.35. The molecule has 1 saturated heterocycles. The lowest BCUT2D eigenvalue weighted by Gasteiger charge is -2.34. The highest BCUT2D eigenvalue weighted by atomic mass is 16.2. The van der Waals surface area contributed by atoms with Crippen molar-refractivity contribution in [2.75, 3.05) is 18.4 Å². The molecule has 0 bridgehead atoms. The molecular weight excluding hydrogens is 314 g/mol. The van der Waals surface area contributed by atoms with Crippen LogP contribution in [-0.4, -0.2) is 35.5 Å². The number of anilines is 1. The Bertz CT molecular complexity index is 638. The highest BCUT2D eigenvalue weighted by Gasteiger charge is 2.34. The topological polar surface area (TPSA) is 61.4 Å². The summed E-state index contributed by atoms with van der Waals surface area (Å²) >= 11 is 0. The predicted molar refractivity (Wildman–Crippen MR) is 99.5 cm³/mol. The maximum atomic E-state index is 12.7. The normalized spacial score (nSPS) is 22.5. The predicted octanol–water partition coefficient (Wildman–Crippen LogP) is 3.69. The average Bonchev–Trinajstić information content (AvgIpc) is 3.01. The monoisotopic (exact) mass is 343 g/mol. The van der Waals surface area contributed by atoms with Gasteiger partial charge in [0.2, 0.25) is 5.91 Å². The zero-order valence-electron chi connectivity index (χ0n) is 15.3.